The van der Waals surface area contributed by atoms with Crippen LogP contribution in [-0.2, 0) is 6.61 Å². The Morgan fingerprint density at radius 2 is 1.93 bits per heavy atom. The molecule has 1 amide bonds. The highest BCUT2D eigenvalue weighted by atomic mass is 16.5. The molecule has 2 aromatic carbocycles. The van der Waals surface area contributed by atoms with Crippen LogP contribution in [0.2, 0.25) is 0 Å². The molecule has 0 radical (unpaired) electrons. The molecule has 3 aromatic rings. The monoisotopic (exact) mass is 378 g/mol. The summed E-state index contributed by atoms with van der Waals surface area (Å²) >= 11 is 0. The van der Waals surface area contributed by atoms with E-state index < -0.39 is 0 Å². The topological polar surface area (TPSA) is 73.1 Å². The van der Waals surface area contributed by atoms with E-state index in [1.165, 1.54) is 6.26 Å². The Balaban J connectivity index is 1.66. The molecular formula is C22H22N2O4. The van der Waals surface area contributed by atoms with Crippen LogP contribution in [-0.4, -0.2) is 18.7 Å². The first kappa shape index (κ1) is 19.2. The zero-order valence-electron chi connectivity index (χ0n) is 15.8. The maximum atomic E-state index is 12.0. The van der Waals surface area contributed by atoms with Gasteiger partial charge in [-0.2, -0.15) is 5.10 Å². The summed E-state index contributed by atoms with van der Waals surface area (Å²) in [6, 6.07) is 17.0. The van der Waals surface area contributed by atoms with E-state index >= 15 is 0 Å². The van der Waals surface area contributed by atoms with Crippen molar-refractivity contribution in [1.82, 2.24) is 5.43 Å². The molecular weight excluding hydrogens is 356 g/mol. The van der Waals surface area contributed by atoms with Crippen LogP contribution in [0.15, 0.2) is 70.4 Å². The van der Waals surface area contributed by atoms with E-state index in [1.807, 2.05) is 55.5 Å². The molecule has 0 spiro atoms. The Labute approximate surface area is 163 Å². The molecule has 0 aliphatic rings. The van der Waals surface area contributed by atoms with Crippen molar-refractivity contribution in [2.75, 3.05) is 6.61 Å². The first-order valence-electron chi connectivity index (χ1n) is 8.98. The SMILES string of the molecule is CCOc1cc(/C=N/NC(=O)c2ccoc2C)ccc1OCc1ccccc1. The summed E-state index contributed by atoms with van der Waals surface area (Å²) in [5, 5.41) is 4.00. The Morgan fingerprint density at radius 1 is 1.11 bits per heavy atom. The largest absolute Gasteiger partial charge is 0.490 e. The third-order valence-electron chi connectivity index (χ3n) is 3.99. The highest BCUT2D eigenvalue weighted by molar-refractivity contribution is 5.95. The second-order valence-electron chi connectivity index (χ2n) is 6.00. The number of furan rings is 1. The lowest BCUT2D eigenvalue weighted by Gasteiger charge is -2.12. The van der Waals surface area contributed by atoms with Crippen LogP contribution in [0.3, 0.4) is 0 Å². The van der Waals surface area contributed by atoms with Gasteiger partial charge in [0.1, 0.15) is 12.4 Å². The van der Waals surface area contributed by atoms with Gasteiger partial charge < -0.3 is 13.9 Å². The molecule has 0 bridgehead atoms. The number of benzene rings is 2. The lowest BCUT2D eigenvalue weighted by atomic mass is 10.2. The van der Waals surface area contributed by atoms with Crippen molar-refractivity contribution in [3.63, 3.8) is 0 Å². The van der Waals surface area contributed by atoms with Gasteiger partial charge in [0.05, 0.1) is 24.6 Å². The van der Waals surface area contributed by atoms with Crippen LogP contribution in [0.1, 0.15) is 34.2 Å². The van der Waals surface area contributed by atoms with Gasteiger partial charge in [-0.05, 0) is 49.2 Å². The van der Waals surface area contributed by atoms with E-state index in [9.17, 15) is 4.79 Å². The average Bonchev–Trinajstić information content (AvgIpc) is 3.14. The van der Waals surface area contributed by atoms with Gasteiger partial charge in [-0.25, -0.2) is 5.43 Å². The summed E-state index contributed by atoms with van der Waals surface area (Å²) in [5.74, 6) is 1.50. The number of rotatable bonds is 8. The Bertz CT molecular complexity index is 948. The number of amides is 1. The number of nitrogens with one attached hydrogen (secondary N) is 1. The summed E-state index contributed by atoms with van der Waals surface area (Å²) in [6.45, 7) is 4.60. The van der Waals surface area contributed by atoms with Gasteiger partial charge in [0, 0.05) is 0 Å². The molecule has 0 unspecified atom stereocenters. The molecule has 3 rings (SSSR count). The van der Waals surface area contributed by atoms with Crippen molar-refractivity contribution in [2.24, 2.45) is 5.10 Å². The van der Waals surface area contributed by atoms with E-state index in [0.29, 0.717) is 36.0 Å². The van der Waals surface area contributed by atoms with Gasteiger partial charge in [-0.15, -0.1) is 0 Å². The fraction of sp³-hybridized carbons (Fsp3) is 0.182. The molecule has 0 saturated carbocycles. The van der Waals surface area contributed by atoms with Crippen LogP contribution < -0.4 is 14.9 Å². The maximum Gasteiger partial charge on any atom is 0.274 e. The highest BCUT2D eigenvalue weighted by Gasteiger charge is 2.10. The smallest absolute Gasteiger partial charge is 0.274 e. The summed E-state index contributed by atoms with van der Waals surface area (Å²) in [7, 11) is 0. The molecule has 1 heterocycles. The van der Waals surface area contributed by atoms with Crippen LogP contribution in [0.5, 0.6) is 11.5 Å². The van der Waals surface area contributed by atoms with Crippen molar-refractivity contribution in [2.45, 2.75) is 20.5 Å². The highest BCUT2D eigenvalue weighted by Crippen LogP contribution is 2.28. The average molecular weight is 378 g/mol. The summed E-state index contributed by atoms with van der Waals surface area (Å²) in [6.07, 6.45) is 3.02. The van der Waals surface area contributed by atoms with Crippen LogP contribution in [0.4, 0.5) is 0 Å². The zero-order chi connectivity index (χ0) is 19.8. The number of aryl methyl sites for hydroxylation is 1. The summed E-state index contributed by atoms with van der Waals surface area (Å²) < 4.78 is 16.7. The minimum Gasteiger partial charge on any atom is -0.490 e. The fourth-order valence-corrected chi connectivity index (χ4v) is 2.57. The van der Waals surface area contributed by atoms with Crippen molar-refractivity contribution >= 4 is 12.1 Å². The Kier molecular flexibility index (Phi) is 6.46. The number of carbonyl (C=O) groups excluding carboxylic acids is 1. The first-order valence-corrected chi connectivity index (χ1v) is 8.98. The van der Waals surface area contributed by atoms with Crippen molar-refractivity contribution in [1.29, 1.82) is 0 Å². The molecule has 1 aromatic heterocycles. The van der Waals surface area contributed by atoms with Crippen molar-refractivity contribution in [3.05, 3.63) is 83.3 Å². The quantitative estimate of drug-likeness (QED) is 0.468. The van der Waals surface area contributed by atoms with E-state index in [2.05, 4.69) is 10.5 Å². The van der Waals surface area contributed by atoms with Crippen LogP contribution in [0, 0.1) is 6.92 Å². The van der Waals surface area contributed by atoms with Gasteiger partial charge in [-0.3, -0.25) is 4.79 Å². The maximum absolute atomic E-state index is 12.0. The number of hydrogen-bond acceptors (Lipinski definition) is 5. The van der Waals surface area contributed by atoms with E-state index in [4.69, 9.17) is 13.9 Å². The number of hydrazone groups is 1. The summed E-state index contributed by atoms with van der Waals surface area (Å²) in [4.78, 5) is 12.0. The lowest BCUT2D eigenvalue weighted by Crippen LogP contribution is -2.17. The lowest BCUT2D eigenvalue weighted by molar-refractivity contribution is 0.0953. The van der Waals surface area contributed by atoms with Crippen molar-refractivity contribution in [3.8, 4) is 11.5 Å². The molecule has 6 heteroatoms. The second kappa shape index (κ2) is 9.41. The predicted octanol–water partition coefficient (Wildman–Crippen LogP) is 4.33. The number of hydrogen-bond donors (Lipinski definition) is 1. The predicted molar refractivity (Wildman–Crippen MR) is 107 cm³/mol. The Morgan fingerprint density at radius 3 is 2.64 bits per heavy atom. The van der Waals surface area contributed by atoms with Gasteiger partial charge in [0.25, 0.3) is 5.91 Å². The number of carbonyl (C=O) groups is 1. The first-order chi connectivity index (χ1) is 13.7. The minimum atomic E-state index is -0.324. The van der Waals surface area contributed by atoms with Crippen LogP contribution in [0.25, 0.3) is 0 Å². The minimum absolute atomic E-state index is 0.324. The van der Waals surface area contributed by atoms with E-state index in [-0.39, 0.29) is 5.91 Å². The molecule has 0 fully saturated rings. The van der Waals surface area contributed by atoms with E-state index in [0.717, 1.165) is 11.1 Å². The molecule has 144 valence electrons. The molecule has 6 nitrogen and oxygen atoms in total. The van der Waals surface area contributed by atoms with Gasteiger partial charge >= 0.3 is 0 Å². The molecule has 0 saturated heterocycles. The van der Waals surface area contributed by atoms with Gasteiger partial charge in [-0.1, -0.05) is 30.3 Å². The normalized spacial score (nSPS) is 10.8. The van der Waals surface area contributed by atoms with E-state index in [1.54, 1.807) is 19.2 Å². The third kappa shape index (κ3) is 5.01. The molecule has 0 aliphatic carbocycles. The molecule has 1 N–H and O–H groups in total. The zero-order valence-corrected chi connectivity index (χ0v) is 15.8. The molecule has 28 heavy (non-hydrogen) atoms. The van der Waals surface area contributed by atoms with Gasteiger partial charge in [0.15, 0.2) is 11.5 Å². The van der Waals surface area contributed by atoms with Gasteiger partial charge in [0.2, 0.25) is 0 Å². The molecule has 0 aliphatic heterocycles. The Hall–Kier alpha value is -3.54. The second-order valence-corrected chi connectivity index (χ2v) is 6.00. The number of nitrogens with zero attached hydrogens (tertiary/aromatic N) is 1. The van der Waals surface area contributed by atoms with Crippen LogP contribution >= 0.6 is 0 Å². The fourth-order valence-electron chi connectivity index (χ4n) is 2.57. The molecule has 0 atom stereocenters. The standard InChI is InChI=1S/C22H22N2O4/c1-3-26-21-13-18(14-23-24-22(25)19-11-12-27-16(19)2)9-10-20(21)28-15-17-7-5-4-6-8-17/h4-14H,3,15H2,1-2H3,(H,24,25)/b23-14+. The van der Waals surface area contributed by atoms with Crippen molar-refractivity contribution < 1.29 is 18.7 Å². The number of ether oxygens (including phenoxy) is 2. The third-order valence-corrected chi connectivity index (χ3v) is 3.99. The summed E-state index contributed by atoms with van der Waals surface area (Å²) in [5.41, 5.74) is 4.80.